The Kier molecular flexibility index (Phi) is 3.23. The quantitative estimate of drug-likeness (QED) is 0.846. The molecule has 1 aliphatic rings. The van der Waals surface area contributed by atoms with Crippen LogP contribution in [0.5, 0.6) is 5.75 Å². The summed E-state index contributed by atoms with van der Waals surface area (Å²) >= 11 is 0. The molecule has 96 valence electrons. The summed E-state index contributed by atoms with van der Waals surface area (Å²) in [5, 5.41) is 11.6. The van der Waals surface area contributed by atoms with Crippen LogP contribution in [0.25, 0.3) is 0 Å². The number of hydrogen-bond donors (Lipinski definition) is 2. The number of amides is 1. The van der Waals surface area contributed by atoms with Crippen molar-refractivity contribution in [2.45, 2.75) is 19.8 Å². The van der Waals surface area contributed by atoms with Crippen LogP contribution in [-0.2, 0) is 22.4 Å². The van der Waals surface area contributed by atoms with E-state index in [2.05, 4.69) is 5.32 Å². The maximum atomic E-state index is 11.3. The number of carboxylic acids is 1. The second kappa shape index (κ2) is 4.68. The van der Waals surface area contributed by atoms with Crippen molar-refractivity contribution in [2.75, 3.05) is 12.4 Å². The van der Waals surface area contributed by atoms with Crippen molar-refractivity contribution >= 4 is 17.6 Å². The lowest BCUT2D eigenvalue weighted by Crippen LogP contribution is -2.12. The lowest BCUT2D eigenvalue weighted by molar-refractivity contribution is -0.141. The molecule has 0 aliphatic carbocycles. The number of carbonyl (C=O) groups is 2. The van der Waals surface area contributed by atoms with Crippen LogP contribution in [0.1, 0.15) is 18.1 Å². The van der Waals surface area contributed by atoms with Crippen LogP contribution < -0.4 is 10.1 Å². The molecule has 5 nitrogen and oxygen atoms in total. The average Bonchev–Trinajstić information content (AvgIpc) is 2.68. The lowest BCUT2D eigenvalue weighted by Gasteiger charge is -2.11. The number of hydrogen-bond acceptors (Lipinski definition) is 3. The molecule has 1 aromatic carbocycles. The summed E-state index contributed by atoms with van der Waals surface area (Å²) in [6.07, 6.45) is 0.744. The Bertz CT molecular complexity index is 510. The maximum Gasteiger partial charge on any atom is 0.306 e. The van der Waals surface area contributed by atoms with E-state index in [1.165, 1.54) is 7.11 Å². The number of carboxylic acid groups (broad SMARTS) is 1. The number of fused-ring (bicyclic) bond motifs is 1. The summed E-state index contributed by atoms with van der Waals surface area (Å²) in [4.78, 5) is 22.2. The van der Waals surface area contributed by atoms with Crippen molar-refractivity contribution < 1.29 is 19.4 Å². The molecule has 0 fully saturated rings. The van der Waals surface area contributed by atoms with Crippen LogP contribution in [0.15, 0.2) is 12.1 Å². The number of methoxy groups -OCH3 is 1. The van der Waals surface area contributed by atoms with E-state index in [1.54, 1.807) is 13.0 Å². The number of rotatable bonds is 4. The number of benzene rings is 1. The second-order valence-electron chi connectivity index (χ2n) is 4.50. The van der Waals surface area contributed by atoms with Crippen molar-refractivity contribution in [3.05, 3.63) is 23.3 Å². The summed E-state index contributed by atoms with van der Waals surface area (Å²) < 4.78 is 5.23. The van der Waals surface area contributed by atoms with Gasteiger partial charge in [0.25, 0.3) is 0 Å². The zero-order valence-corrected chi connectivity index (χ0v) is 10.3. The Labute approximate surface area is 105 Å². The minimum atomic E-state index is -0.830. The molecule has 1 atom stereocenters. The van der Waals surface area contributed by atoms with Crippen LogP contribution >= 0.6 is 0 Å². The standard InChI is InChI=1S/C13H15NO4/c1-7(13(16)17)3-8-4-9-6-11(15)14-12(9)10(5-8)18-2/h4-5,7H,3,6H2,1-2H3,(H,14,15)(H,16,17). The lowest BCUT2D eigenvalue weighted by atomic mass is 9.98. The molecule has 0 bridgehead atoms. The third kappa shape index (κ3) is 2.30. The third-order valence-corrected chi connectivity index (χ3v) is 3.04. The predicted octanol–water partition coefficient (Wildman–Crippen LogP) is 1.45. The molecule has 1 amide bonds. The largest absolute Gasteiger partial charge is 0.495 e. The highest BCUT2D eigenvalue weighted by molar-refractivity contribution is 6.01. The van der Waals surface area contributed by atoms with Gasteiger partial charge in [0.15, 0.2) is 0 Å². The molecule has 18 heavy (non-hydrogen) atoms. The van der Waals surface area contributed by atoms with Crippen LogP contribution in [-0.4, -0.2) is 24.1 Å². The van der Waals surface area contributed by atoms with Gasteiger partial charge in [-0.15, -0.1) is 0 Å². The topological polar surface area (TPSA) is 75.6 Å². The molecule has 1 heterocycles. The van der Waals surface area contributed by atoms with E-state index in [0.29, 0.717) is 24.3 Å². The van der Waals surface area contributed by atoms with Gasteiger partial charge in [-0.1, -0.05) is 13.0 Å². The first-order chi connectivity index (χ1) is 8.51. The third-order valence-electron chi connectivity index (χ3n) is 3.04. The van der Waals surface area contributed by atoms with Gasteiger partial charge in [0.1, 0.15) is 5.75 Å². The second-order valence-corrected chi connectivity index (χ2v) is 4.50. The molecular formula is C13H15NO4. The van der Waals surface area contributed by atoms with Crippen molar-refractivity contribution in [3.8, 4) is 5.75 Å². The normalized spacial score (nSPS) is 14.9. The number of nitrogens with one attached hydrogen (secondary N) is 1. The molecule has 0 aromatic heterocycles. The van der Waals surface area contributed by atoms with Gasteiger partial charge in [0, 0.05) is 0 Å². The van der Waals surface area contributed by atoms with E-state index in [-0.39, 0.29) is 5.91 Å². The summed E-state index contributed by atoms with van der Waals surface area (Å²) in [5.41, 5.74) is 2.44. The highest BCUT2D eigenvalue weighted by atomic mass is 16.5. The first kappa shape index (κ1) is 12.4. The Morgan fingerprint density at radius 3 is 2.89 bits per heavy atom. The first-order valence-electron chi connectivity index (χ1n) is 5.73. The molecule has 1 aliphatic heterocycles. The van der Waals surface area contributed by atoms with Gasteiger partial charge < -0.3 is 15.2 Å². The monoisotopic (exact) mass is 249 g/mol. The SMILES string of the molecule is COc1cc(CC(C)C(=O)O)cc2c1NC(=O)C2. The summed E-state index contributed by atoms with van der Waals surface area (Å²) in [5.74, 6) is -0.765. The van der Waals surface area contributed by atoms with E-state index in [1.807, 2.05) is 6.07 Å². The van der Waals surface area contributed by atoms with E-state index in [9.17, 15) is 9.59 Å². The van der Waals surface area contributed by atoms with Gasteiger partial charge in [0.05, 0.1) is 25.1 Å². The van der Waals surface area contributed by atoms with E-state index in [0.717, 1.165) is 11.1 Å². The molecule has 0 radical (unpaired) electrons. The smallest absolute Gasteiger partial charge is 0.306 e. The average molecular weight is 249 g/mol. The zero-order chi connectivity index (χ0) is 13.3. The van der Waals surface area contributed by atoms with Crippen molar-refractivity contribution in [1.82, 2.24) is 0 Å². The van der Waals surface area contributed by atoms with E-state index < -0.39 is 11.9 Å². The van der Waals surface area contributed by atoms with Gasteiger partial charge in [-0.3, -0.25) is 9.59 Å². The fourth-order valence-electron chi connectivity index (χ4n) is 2.09. The van der Waals surface area contributed by atoms with Crippen molar-refractivity contribution in [2.24, 2.45) is 5.92 Å². The van der Waals surface area contributed by atoms with Crippen LogP contribution in [0.4, 0.5) is 5.69 Å². The fourth-order valence-corrected chi connectivity index (χ4v) is 2.09. The van der Waals surface area contributed by atoms with E-state index in [4.69, 9.17) is 9.84 Å². The van der Waals surface area contributed by atoms with Gasteiger partial charge in [-0.2, -0.15) is 0 Å². The van der Waals surface area contributed by atoms with Crippen LogP contribution in [0.2, 0.25) is 0 Å². The summed E-state index contributed by atoms with van der Waals surface area (Å²) in [6.45, 7) is 1.66. The molecule has 0 saturated heterocycles. The molecule has 2 N–H and O–H groups in total. The fraction of sp³-hybridized carbons (Fsp3) is 0.385. The molecule has 0 spiro atoms. The minimum absolute atomic E-state index is 0.0632. The highest BCUT2D eigenvalue weighted by Gasteiger charge is 2.23. The summed E-state index contributed by atoms with van der Waals surface area (Å²) in [7, 11) is 1.53. The van der Waals surface area contributed by atoms with Gasteiger partial charge in [0.2, 0.25) is 5.91 Å². The van der Waals surface area contributed by atoms with Crippen LogP contribution in [0, 0.1) is 5.92 Å². The predicted molar refractivity (Wildman–Crippen MR) is 65.8 cm³/mol. The maximum absolute atomic E-state index is 11.3. The van der Waals surface area contributed by atoms with Gasteiger partial charge in [-0.05, 0) is 23.6 Å². The Morgan fingerprint density at radius 1 is 1.56 bits per heavy atom. The number of carbonyl (C=O) groups excluding carboxylic acids is 1. The number of anilines is 1. The highest BCUT2D eigenvalue weighted by Crippen LogP contribution is 2.35. The van der Waals surface area contributed by atoms with Gasteiger partial charge >= 0.3 is 5.97 Å². The Balaban J connectivity index is 2.32. The van der Waals surface area contributed by atoms with Crippen molar-refractivity contribution in [3.63, 3.8) is 0 Å². The molecule has 2 rings (SSSR count). The zero-order valence-electron chi connectivity index (χ0n) is 10.3. The summed E-state index contributed by atoms with van der Waals surface area (Å²) in [6, 6.07) is 3.65. The number of ether oxygens (including phenoxy) is 1. The Morgan fingerprint density at radius 2 is 2.28 bits per heavy atom. The van der Waals surface area contributed by atoms with Crippen LogP contribution in [0.3, 0.4) is 0 Å². The van der Waals surface area contributed by atoms with E-state index >= 15 is 0 Å². The number of aliphatic carboxylic acids is 1. The molecule has 1 aromatic rings. The molecule has 5 heteroatoms. The molecule has 1 unspecified atom stereocenters. The van der Waals surface area contributed by atoms with Crippen molar-refractivity contribution in [1.29, 1.82) is 0 Å². The Hall–Kier alpha value is -2.04. The van der Waals surface area contributed by atoms with Gasteiger partial charge in [-0.25, -0.2) is 0 Å². The minimum Gasteiger partial charge on any atom is -0.495 e. The first-order valence-corrected chi connectivity index (χ1v) is 5.73. The molecular weight excluding hydrogens is 234 g/mol. The molecule has 0 saturated carbocycles.